The molecule has 2 rings (SSSR count). The van der Waals surface area contributed by atoms with Crippen LogP contribution in [0.2, 0.25) is 0 Å². The fourth-order valence-corrected chi connectivity index (χ4v) is 4.01. The van der Waals surface area contributed by atoms with Gasteiger partial charge in [0.05, 0.1) is 0 Å². The number of nitrogens with one attached hydrogen (secondary N) is 1. The molecule has 1 aliphatic rings. The summed E-state index contributed by atoms with van der Waals surface area (Å²) in [7, 11) is 1.95. The summed E-state index contributed by atoms with van der Waals surface area (Å²) in [5.74, 6) is 1.59. The van der Waals surface area contributed by atoms with Crippen molar-refractivity contribution >= 4 is 28.2 Å². The Morgan fingerprint density at radius 3 is 2.57 bits per heavy atom. The Labute approximate surface area is 130 Å². The SMILES string of the molecule is CCN(C)c1nc(N)c(C(=O)NC2CC(C)CC(C)C2)s1. The molecular formula is C15H26N4OS. The van der Waals surface area contributed by atoms with Gasteiger partial charge in [0.1, 0.15) is 10.7 Å². The average molecular weight is 310 g/mol. The number of aromatic nitrogens is 1. The average Bonchev–Trinajstić information content (AvgIpc) is 2.78. The number of carbonyl (C=O) groups is 1. The van der Waals surface area contributed by atoms with Crippen molar-refractivity contribution < 1.29 is 4.79 Å². The van der Waals surface area contributed by atoms with Crippen LogP contribution in [0, 0.1) is 11.8 Å². The predicted octanol–water partition coefficient (Wildman–Crippen LogP) is 2.74. The lowest BCUT2D eigenvalue weighted by Gasteiger charge is -2.31. The highest BCUT2D eigenvalue weighted by atomic mass is 32.1. The second kappa shape index (κ2) is 6.64. The van der Waals surface area contributed by atoms with E-state index in [1.807, 2.05) is 18.9 Å². The van der Waals surface area contributed by atoms with E-state index in [2.05, 4.69) is 24.1 Å². The molecule has 5 nitrogen and oxygen atoms in total. The molecular weight excluding hydrogens is 284 g/mol. The highest BCUT2D eigenvalue weighted by Crippen LogP contribution is 2.30. The first-order valence-corrected chi connectivity index (χ1v) is 8.50. The van der Waals surface area contributed by atoms with Gasteiger partial charge in [0.25, 0.3) is 5.91 Å². The number of nitrogens with zero attached hydrogens (tertiary/aromatic N) is 2. The molecule has 0 aliphatic heterocycles. The fourth-order valence-electron chi connectivity index (χ4n) is 3.10. The monoisotopic (exact) mass is 310 g/mol. The van der Waals surface area contributed by atoms with Crippen molar-refractivity contribution in [1.29, 1.82) is 0 Å². The van der Waals surface area contributed by atoms with E-state index in [0.717, 1.165) is 24.5 Å². The zero-order valence-electron chi connectivity index (χ0n) is 13.3. The molecule has 0 spiro atoms. The third kappa shape index (κ3) is 3.87. The molecule has 3 N–H and O–H groups in total. The first-order valence-electron chi connectivity index (χ1n) is 7.69. The number of carbonyl (C=O) groups excluding carboxylic acids is 1. The van der Waals surface area contributed by atoms with Gasteiger partial charge in [0.2, 0.25) is 0 Å². The summed E-state index contributed by atoms with van der Waals surface area (Å²) in [4.78, 5) is 19.2. The fraction of sp³-hybridized carbons (Fsp3) is 0.733. The molecule has 1 aromatic rings. The number of nitrogen functional groups attached to an aromatic ring is 1. The third-order valence-electron chi connectivity index (χ3n) is 4.16. The number of hydrogen-bond donors (Lipinski definition) is 2. The van der Waals surface area contributed by atoms with Crippen molar-refractivity contribution in [3.05, 3.63) is 4.88 Å². The summed E-state index contributed by atoms with van der Waals surface area (Å²) in [5.41, 5.74) is 5.91. The quantitative estimate of drug-likeness (QED) is 0.897. The van der Waals surface area contributed by atoms with Gasteiger partial charge in [-0.1, -0.05) is 25.2 Å². The Hall–Kier alpha value is -1.30. The van der Waals surface area contributed by atoms with E-state index in [-0.39, 0.29) is 11.9 Å². The van der Waals surface area contributed by atoms with Crippen LogP contribution in [0.1, 0.15) is 49.7 Å². The molecule has 1 heterocycles. The largest absolute Gasteiger partial charge is 0.382 e. The maximum absolute atomic E-state index is 12.4. The zero-order chi connectivity index (χ0) is 15.6. The van der Waals surface area contributed by atoms with Crippen LogP contribution >= 0.6 is 11.3 Å². The molecule has 2 atom stereocenters. The van der Waals surface area contributed by atoms with Crippen molar-refractivity contribution in [2.45, 2.75) is 46.1 Å². The molecule has 2 unspecified atom stereocenters. The molecule has 0 aromatic carbocycles. The number of rotatable bonds is 4. The topological polar surface area (TPSA) is 71.2 Å². The van der Waals surface area contributed by atoms with Crippen LogP contribution < -0.4 is 16.0 Å². The number of amides is 1. The van der Waals surface area contributed by atoms with Gasteiger partial charge in [0.15, 0.2) is 5.13 Å². The van der Waals surface area contributed by atoms with Gasteiger partial charge in [-0.05, 0) is 38.0 Å². The highest BCUT2D eigenvalue weighted by molar-refractivity contribution is 7.18. The zero-order valence-corrected chi connectivity index (χ0v) is 14.2. The first-order chi connectivity index (χ1) is 9.90. The lowest BCUT2D eigenvalue weighted by molar-refractivity contribution is 0.0916. The number of nitrogens with two attached hydrogens (primary N) is 1. The van der Waals surface area contributed by atoms with Gasteiger partial charge in [-0.2, -0.15) is 0 Å². The van der Waals surface area contributed by atoms with Gasteiger partial charge in [-0.3, -0.25) is 4.79 Å². The summed E-state index contributed by atoms with van der Waals surface area (Å²) < 4.78 is 0. The summed E-state index contributed by atoms with van der Waals surface area (Å²) in [6.07, 6.45) is 3.35. The molecule has 0 radical (unpaired) electrons. The standard InChI is InChI=1S/C15H26N4OS/c1-5-19(4)15-18-13(16)12(21-15)14(20)17-11-7-9(2)6-10(3)8-11/h9-11H,5-8,16H2,1-4H3,(H,17,20). The van der Waals surface area contributed by atoms with Crippen molar-refractivity contribution in [1.82, 2.24) is 10.3 Å². The Morgan fingerprint density at radius 1 is 1.38 bits per heavy atom. The van der Waals surface area contributed by atoms with Crippen LogP contribution in [-0.4, -0.2) is 30.5 Å². The molecule has 21 heavy (non-hydrogen) atoms. The van der Waals surface area contributed by atoms with E-state index < -0.39 is 0 Å². The Bertz CT molecular complexity index is 492. The van der Waals surface area contributed by atoms with Crippen LogP contribution in [0.5, 0.6) is 0 Å². The summed E-state index contributed by atoms with van der Waals surface area (Å²) in [5, 5.41) is 3.94. The molecule has 1 aliphatic carbocycles. The summed E-state index contributed by atoms with van der Waals surface area (Å²) in [6, 6.07) is 0.255. The molecule has 1 amide bonds. The van der Waals surface area contributed by atoms with Gasteiger partial charge in [0, 0.05) is 19.6 Å². The smallest absolute Gasteiger partial charge is 0.265 e. The summed E-state index contributed by atoms with van der Waals surface area (Å²) in [6.45, 7) is 7.39. The molecule has 1 fully saturated rings. The molecule has 1 saturated carbocycles. The van der Waals surface area contributed by atoms with Crippen LogP contribution in [0.25, 0.3) is 0 Å². The van der Waals surface area contributed by atoms with Crippen LogP contribution in [0.4, 0.5) is 10.9 Å². The minimum atomic E-state index is -0.0768. The van der Waals surface area contributed by atoms with E-state index in [0.29, 0.717) is 22.5 Å². The van der Waals surface area contributed by atoms with E-state index >= 15 is 0 Å². The van der Waals surface area contributed by atoms with Crippen LogP contribution in [0.3, 0.4) is 0 Å². The maximum atomic E-state index is 12.4. The van der Waals surface area contributed by atoms with E-state index in [1.165, 1.54) is 17.8 Å². The Balaban J connectivity index is 2.05. The second-order valence-corrected chi connectivity index (χ2v) is 7.29. The Morgan fingerprint density at radius 2 is 2.00 bits per heavy atom. The van der Waals surface area contributed by atoms with Gasteiger partial charge in [-0.25, -0.2) is 4.98 Å². The van der Waals surface area contributed by atoms with E-state index in [1.54, 1.807) is 0 Å². The lowest BCUT2D eigenvalue weighted by atomic mass is 9.80. The second-order valence-electron chi connectivity index (χ2n) is 6.31. The van der Waals surface area contributed by atoms with Gasteiger partial charge in [-0.15, -0.1) is 0 Å². The first kappa shape index (κ1) is 16.1. The van der Waals surface area contributed by atoms with Gasteiger partial charge < -0.3 is 16.0 Å². The molecule has 1 aromatic heterocycles. The van der Waals surface area contributed by atoms with Crippen molar-refractivity contribution in [3.63, 3.8) is 0 Å². The number of hydrogen-bond acceptors (Lipinski definition) is 5. The number of anilines is 2. The van der Waals surface area contributed by atoms with E-state index in [4.69, 9.17) is 5.73 Å². The minimum absolute atomic E-state index is 0.0768. The minimum Gasteiger partial charge on any atom is -0.382 e. The third-order valence-corrected chi connectivity index (χ3v) is 5.35. The predicted molar refractivity (Wildman–Crippen MR) is 88.9 cm³/mol. The maximum Gasteiger partial charge on any atom is 0.265 e. The van der Waals surface area contributed by atoms with Gasteiger partial charge >= 0.3 is 0 Å². The Kier molecular flexibility index (Phi) is 5.08. The molecule has 0 saturated heterocycles. The molecule has 0 bridgehead atoms. The van der Waals surface area contributed by atoms with E-state index in [9.17, 15) is 4.79 Å². The van der Waals surface area contributed by atoms with Crippen molar-refractivity contribution in [2.24, 2.45) is 11.8 Å². The van der Waals surface area contributed by atoms with Crippen molar-refractivity contribution in [3.8, 4) is 0 Å². The van der Waals surface area contributed by atoms with Crippen LogP contribution in [0.15, 0.2) is 0 Å². The summed E-state index contributed by atoms with van der Waals surface area (Å²) >= 11 is 1.37. The normalized spacial score (nSPS) is 25.6. The molecule has 6 heteroatoms. The lowest BCUT2D eigenvalue weighted by Crippen LogP contribution is -2.39. The van der Waals surface area contributed by atoms with Crippen LogP contribution in [-0.2, 0) is 0 Å². The van der Waals surface area contributed by atoms with Crippen molar-refractivity contribution in [2.75, 3.05) is 24.2 Å². The highest BCUT2D eigenvalue weighted by Gasteiger charge is 2.27. The number of thiazole rings is 1. The molecule has 118 valence electrons.